The summed E-state index contributed by atoms with van der Waals surface area (Å²) in [7, 11) is 0. The maximum absolute atomic E-state index is 11.8. The Balaban J connectivity index is 2.03. The largest absolute Gasteiger partial charge is 0.490 e. The minimum absolute atomic E-state index is 0.415. The lowest BCUT2D eigenvalue weighted by atomic mass is 10.3. The zero-order valence-corrected chi connectivity index (χ0v) is 12.1. The molecule has 0 unspecified atom stereocenters. The molecule has 20 heavy (non-hydrogen) atoms. The number of hydrogen-bond acceptors (Lipinski definition) is 5. The molecule has 2 rings (SSSR count). The minimum atomic E-state index is -0.456. The number of carbonyl (C=O) groups is 1. The first kappa shape index (κ1) is 14.3. The Labute approximate surface area is 121 Å². The average Bonchev–Trinajstić information content (AvgIpc) is 2.85. The summed E-state index contributed by atoms with van der Waals surface area (Å²) < 4.78 is 10.6. The molecule has 0 N–H and O–H groups in total. The molecule has 1 aromatic heterocycles. The molecule has 1 heterocycles. The smallest absolute Gasteiger partial charge is 0.336 e. The van der Waals surface area contributed by atoms with Gasteiger partial charge in [-0.1, -0.05) is 12.1 Å². The third-order valence-corrected chi connectivity index (χ3v) is 3.18. The molecule has 104 valence electrons. The van der Waals surface area contributed by atoms with Crippen molar-refractivity contribution >= 4 is 23.4 Å². The van der Waals surface area contributed by atoms with Gasteiger partial charge in [-0.25, -0.2) is 9.78 Å². The minimum Gasteiger partial charge on any atom is -0.490 e. The van der Waals surface area contributed by atoms with Gasteiger partial charge in [-0.05, 0) is 32.1 Å². The van der Waals surface area contributed by atoms with Gasteiger partial charge in [0.05, 0.1) is 17.3 Å². The van der Waals surface area contributed by atoms with E-state index in [0.29, 0.717) is 18.1 Å². The van der Waals surface area contributed by atoms with Crippen LogP contribution in [0.5, 0.6) is 11.5 Å². The standard InChI is InChI=1S/C15H15NO3S/c1-3-18-13-6-4-5-7-14(13)19-15(17)9-8-12-10-20-11(2)16-12/h4-10H,3H2,1-2H3/b9-8+. The van der Waals surface area contributed by atoms with E-state index in [9.17, 15) is 4.79 Å². The van der Waals surface area contributed by atoms with Crippen molar-refractivity contribution in [2.75, 3.05) is 6.61 Å². The number of esters is 1. The predicted molar refractivity (Wildman–Crippen MR) is 79.1 cm³/mol. The summed E-state index contributed by atoms with van der Waals surface area (Å²) in [5, 5.41) is 2.84. The lowest BCUT2D eigenvalue weighted by Gasteiger charge is -2.08. The van der Waals surface area contributed by atoms with Crippen LogP contribution in [0, 0.1) is 6.92 Å². The van der Waals surface area contributed by atoms with Crippen molar-refractivity contribution in [2.45, 2.75) is 13.8 Å². The number of thiazole rings is 1. The molecule has 0 atom stereocenters. The maximum Gasteiger partial charge on any atom is 0.336 e. The van der Waals surface area contributed by atoms with Crippen molar-refractivity contribution in [3.63, 3.8) is 0 Å². The number of aromatic nitrogens is 1. The first-order valence-corrected chi connectivity index (χ1v) is 7.11. The van der Waals surface area contributed by atoms with Gasteiger partial charge in [0.25, 0.3) is 0 Å². The van der Waals surface area contributed by atoms with E-state index in [1.165, 1.54) is 17.4 Å². The molecule has 0 bridgehead atoms. The zero-order chi connectivity index (χ0) is 14.4. The highest BCUT2D eigenvalue weighted by Gasteiger charge is 2.07. The summed E-state index contributed by atoms with van der Waals surface area (Å²) in [5.41, 5.74) is 0.752. The highest BCUT2D eigenvalue weighted by molar-refractivity contribution is 7.09. The number of ether oxygens (including phenoxy) is 2. The lowest BCUT2D eigenvalue weighted by Crippen LogP contribution is -2.05. The molecule has 4 nitrogen and oxygen atoms in total. The van der Waals surface area contributed by atoms with Gasteiger partial charge >= 0.3 is 5.97 Å². The number of rotatable bonds is 5. The Morgan fingerprint density at radius 3 is 2.75 bits per heavy atom. The molecule has 0 aliphatic heterocycles. The summed E-state index contributed by atoms with van der Waals surface area (Å²) in [4.78, 5) is 16.0. The van der Waals surface area contributed by atoms with Gasteiger partial charge < -0.3 is 9.47 Å². The fraction of sp³-hybridized carbons (Fsp3) is 0.200. The van der Waals surface area contributed by atoms with Crippen molar-refractivity contribution in [1.29, 1.82) is 0 Å². The van der Waals surface area contributed by atoms with Gasteiger partial charge in [0.15, 0.2) is 11.5 Å². The van der Waals surface area contributed by atoms with Crippen LogP contribution in [0.4, 0.5) is 0 Å². The zero-order valence-electron chi connectivity index (χ0n) is 11.3. The van der Waals surface area contributed by atoms with E-state index in [4.69, 9.17) is 9.47 Å². The molecule has 1 aromatic carbocycles. The molecule has 0 saturated carbocycles. The van der Waals surface area contributed by atoms with E-state index in [0.717, 1.165) is 10.7 Å². The first-order chi connectivity index (χ1) is 9.69. The van der Waals surface area contributed by atoms with E-state index in [1.54, 1.807) is 24.3 Å². The van der Waals surface area contributed by atoms with Crippen LogP contribution in [0.2, 0.25) is 0 Å². The molecule has 0 saturated heterocycles. The van der Waals surface area contributed by atoms with Crippen LogP contribution in [-0.4, -0.2) is 17.6 Å². The summed E-state index contributed by atoms with van der Waals surface area (Å²) in [5.74, 6) is 0.516. The predicted octanol–water partition coefficient (Wildman–Crippen LogP) is 3.47. The molecule has 0 amide bonds. The van der Waals surface area contributed by atoms with Gasteiger partial charge in [0, 0.05) is 11.5 Å². The molecule has 0 radical (unpaired) electrons. The Kier molecular flexibility index (Phi) is 4.90. The van der Waals surface area contributed by atoms with Gasteiger partial charge in [-0.2, -0.15) is 0 Å². The first-order valence-electron chi connectivity index (χ1n) is 6.23. The van der Waals surface area contributed by atoms with E-state index in [1.807, 2.05) is 25.3 Å². The number of nitrogens with zero attached hydrogens (tertiary/aromatic N) is 1. The Morgan fingerprint density at radius 1 is 1.35 bits per heavy atom. The van der Waals surface area contributed by atoms with Crippen molar-refractivity contribution in [3.8, 4) is 11.5 Å². The average molecular weight is 289 g/mol. The van der Waals surface area contributed by atoms with Crippen LogP contribution in [0.3, 0.4) is 0 Å². The van der Waals surface area contributed by atoms with Crippen LogP contribution in [0.15, 0.2) is 35.7 Å². The quantitative estimate of drug-likeness (QED) is 0.480. The molecular weight excluding hydrogens is 274 g/mol. The van der Waals surface area contributed by atoms with Gasteiger partial charge in [0.1, 0.15) is 0 Å². The van der Waals surface area contributed by atoms with Crippen LogP contribution >= 0.6 is 11.3 Å². The van der Waals surface area contributed by atoms with Crippen LogP contribution in [-0.2, 0) is 4.79 Å². The van der Waals surface area contributed by atoms with E-state index < -0.39 is 5.97 Å². The van der Waals surface area contributed by atoms with Gasteiger partial charge in [-0.15, -0.1) is 11.3 Å². The molecular formula is C15H15NO3S. The molecule has 5 heteroatoms. The Morgan fingerprint density at radius 2 is 2.10 bits per heavy atom. The molecule has 0 fully saturated rings. The number of carbonyl (C=O) groups excluding carboxylic acids is 1. The summed E-state index contributed by atoms with van der Waals surface area (Å²) in [6, 6.07) is 7.08. The normalized spacial score (nSPS) is 10.7. The van der Waals surface area contributed by atoms with Crippen LogP contribution in [0.1, 0.15) is 17.6 Å². The summed E-state index contributed by atoms with van der Waals surface area (Å²) in [6.45, 7) is 4.31. The second-order valence-electron chi connectivity index (χ2n) is 3.93. The van der Waals surface area contributed by atoms with Crippen LogP contribution < -0.4 is 9.47 Å². The van der Waals surface area contributed by atoms with Crippen molar-refractivity contribution < 1.29 is 14.3 Å². The maximum atomic E-state index is 11.8. The van der Waals surface area contributed by atoms with Crippen molar-refractivity contribution in [3.05, 3.63) is 46.4 Å². The molecule has 0 spiro atoms. The fourth-order valence-electron chi connectivity index (χ4n) is 1.56. The van der Waals surface area contributed by atoms with Crippen molar-refractivity contribution in [2.24, 2.45) is 0 Å². The number of aryl methyl sites for hydroxylation is 1. The Bertz CT molecular complexity index is 619. The number of benzene rings is 1. The topological polar surface area (TPSA) is 48.4 Å². The van der Waals surface area contributed by atoms with E-state index in [2.05, 4.69) is 4.98 Å². The summed E-state index contributed by atoms with van der Waals surface area (Å²) in [6.07, 6.45) is 2.99. The van der Waals surface area contributed by atoms with Gasteiger partial charge in [0.2, 0.25) is 0 Å². The van der Waals surface area contributed by atoms with Crippen molar-refractivity contribution in [1.82, 2.24) is 4.98 Å². The third-order valence-electron chi connectivity index (χ3n) is 2.39. The molecule has 0 aliphatic carbocycles. The Hall–Kier alpha value is -2.14. The summed E-state index contributed by atoms with van der Waals surface area (Å²) >= 11 is 1.53. The second-order valence-corrected chi connectivity index (χ2v) is 4.99. The fourth-order valence-corrected chi connectivity index (χ4v) is 2.14. The molecule has 0 aliphatic rings. The highest BCUT2D eigenvalue weighted by Crippen LogP contribution is 2.26. The highest BCUT2D eigenvalue weighted by atomic mass is 32.1. The van der Waals surface area contributed by atoms with E-state index >= 15 is 0 Å². The molecule has 2 aromatic rings. The second kappa shape index (κ2) is 6.86. The lowest BCUT2D eigenvalue weighted by molar-refractivity contribution is -0.129. The monoisotopic (exact) mass is 289 g/mol. The van der Waals surface area contributed by atoms with E-state index in [-0.39, 0.29) is 0 Å². The SMILES string of the molecule is CCOc1ccccc1OC(=O)/C=C/c1csc(C)n1. The third kappa shape index (κ3) is 3.93. The number of para-hydroxylation sites is 2. The van der Waals surface area contributed by atoms with Crippen LogP contribution in [0.25, 0.3) is 6.08 Å². The number of hydrogen-bond donors (Lipinski definition) is 0. The van der Waals surface area contributed by atoms with Gasteiger partial charge in [-0.3, -0.25) is 0 Å².